The predicted molar refractivity (Wildman–Crippen MR) is 148 cm³/mol. The molecule has 8 nitrogen and oxygen atoms in total. The van der Waals surface area contributed by atoms with Crippen molar-refractivity contribution in [3.63, 3.8) is 0 Å². The number of nitrogens with one attached hydrogen (secondary N) is 2. The summed E-state index contributed by atoms with van der Waals surface area (Å²) in [7, 11) is 3.43. The molecule has 0 bridgehead atoms. The molecule has 2 atom stereocenters. The molecule has 2 unspecified atom stereocenters. The number of halogens is 4. The van der Waals surface area contributed by atoms with E-state index in [4.69, 9.17) is 9.15 Å². The fraction of sp³-hybridized carbons (Fsp3) is 0.407. The summed E-state index contributed by atoms with van der Waals surface area (Å²) >= 11 is 1.58. The maximum atomic E-state index is 14.7. The molecule has 5 rings (SSSR count). The third-order valence-corrected chi connectivity index (χ3v) is 7.62. The SMILES string of the molecule is COc1cc(SC)ccc1NCc1nnc(-c2cc3c(NC4CCN(C)CC4F)cccc3n2CC(F)(F)F)o1. The van der Waals surface area contributed by atoms with E-state index in [-0.39, 0.29) is 24.0 Å². The Morgan fingerprint density at radius 3 is 2.70 bits per heavy atom. The summed E-state index contributed by atoms with van der Waals surface area (Å²) in [5, 5.41) is 15.0. The highest BCUT2D eigenvalue weighted by molar-refractivity contribution is 7.98. The number of aromatic nitrogens is 3. The summed E-state index contributed by atoms with van der Waals surface area (Å²) in [5.74, 6) is 0.785. The number of ether oxygens (including phenoxy) is 1. The smallest absolute Gasteiger partial charge is 0.406 e. The minimum Gasteiger partial charge on any atom is -0.495 e. The van der Waals surface area contributed by atoms with E-state index in [1.54, 1.807) is 43.1 Å². The van der Waals surface area contributed by atoms with Crippen LogP contribution in [-0.4, -0.2) is 71.6 Å². The molecule has 0 amide bonds. The lowest BCUT2D eigenvalue weighted by Gasteiger charge is -2.33. The number of piperidine rings is 1. The first-order valence-electron chi connectivity index (χ1n) is 12.7. The Labute approximate surface area is 233 Å². The van der Waals surface area contributed by atoms with Crippen molar-refractivity contribution in [3.05, 3.63) is 48.4 Å². The van der Waals surface area contributed by atoms with Gasteiger partial charge >= 0.3 is 6.18 Å². The average molecular weight is 579 g/mol. The van der Waals surface area contributed by atoms with E-state index in [9.17, 15) is 17.6 Å². The van der Waals surface area contributed by atoms with E-state index in [2.05, 4.69) is 20.8 Å². The van der Waals surface area contributed by atoms with Crippen molar-refractivity contribution in [1.29, 1.82) is 0 Å². The topological polar surface area (TPSA) is 80.4 Å². The van der Waals surface area contributed by atoms with Gasteiger partial charge in [0, 0.05) is 29.1 Å². The molecule has 3 heterocycles. The van der Waals surface area contributed by atoms with Gasteiger partial charge in [-0.05, 0) is 56.1 Å². The summed E-state index contributed by atoms with van der Waals surface area (Å²) in [5.41, 5.74) is 1.72. The standard InChI is InChI=1S/C27H30F4N6O2S/c1-36-10-9-20(18(28)14-36)33-19-5-4-6-22-17(19)12-23(37(22)15-27(29,30)31)26-35-34-25(39-26)13-32-21-8-7-16(40-3)11-24(21)38-2/h4-8,11-12,18,20,32-33H,9-10,13-15H2,1-3H3. The van der Waals surface area contributed by atoms with Crippen LogP contribution in [0, 0.1) is 0 Å². The van der Waals surface area contributed by atoms with Gasteiger partial charge in [0.25, 0.3) is 5.89 Å². The largest absolute Gasteiger partial charge is 0.495 e. The number of anilines is 2. The van der Waals surface area contributed by atoms with E-state index in [0.29, 0.717) is 41.0 Å². The molecule has 2 aromatic carbocycles. The highest BCUT2D eigenvalue weighted by atomic mass is 32.2. The molecule has 13 heteroatoms. The van der Waals surface area contributed by atoms with Crippen LogP contribution in [-0.2, 0) is 13.1 Å². The second-order valence-corrected chi connectivity index (χ2v) is 10.6. The molecule has 0 radical (unpaired) electrons. The second kappa shape index (κ2) is 11.6. The zero-order valence-corrected chi connectivity index (χ0v) is 23.1. The Kier molecular flexibility index (Phi) is 8.13. The van der Waals surface area contributed by atoms with Gasteiger partial charge < -0.3 is 29.3 Å². The van der Waals surface area contributed by atoms with E-state index in [1.807, 2.05) is 36.4 Å². The van der Waals surface area contributed by atoms with E-state index < -0.39 is 24.9 Å². The van der Waals surface area contributed by atoms with Crippen molar-refractivity contribution in [2.24, 2.45) is 0 Å². The molecule has 1 saturated heterocycles. The van der Waals surface area contributed by atoms with E-state index in [0.717, 1.165) is 16.0 Å². The Morgan fingerprint density at radius 1 is 1.15 bits per heavy atom. The van der Waals surface area contributed by atoms with Gasteiger partial charge in [0.05, 0.1) is 30.9 Å². The monoisotopic (exact) mass is 578 g/mol. The molecule has 2 aromatic heterocycles. The molecule has 0 saturated carbocycles. The molecule has 214 valence electrons. The first-order chi connectivity index (χ1) is 19.1. The molecule has 1 fully saturated rings. The number of nitrogens with zero attached hydrogens (tertiary/aromatic N) is 4. The van der Waals surface area contributed by atoms with Crippen LogP contribution in [0.1, 0.15) is 12.3 Å². The van der Waals surface area contributed by atoms with Crippen molar-refractivity contribution in [2.45, 2.75) is 42.8 Å². The number of rotatable bonds is 9. The van der Waals surface area contributed by atoms with Crippen LogP contribution in [0.4, 0.5) is 28.9 Å². The number of thioether (sulfide) groups is 1. The van der Waals surface area contributed by atoms with E-state index >= 15 is 0 Å². The Bertz CT molecular complexity index is 1470. The lowest BCUT2D eigenvalue weighted by atomic mass is 10.0. The fourth-order valence-electron chi connectivity index (χ4n) is 4.90. The zero-order chi connectivity index (χ0) is 28.4. The summed E-state index contributed by atoms with van der Waals surface area (Å²) in [6.07, 6.45) is -3.06. The number of methoxy groups -OCH3 is 1. The maximum Gasteiger partial charge on any atom is 0.406 e. The lowest BCUT2D eigenvalue weighted by Crippen LogP contribution is -2.46. The Hall–Kier alpha value is -3.45. The molecule has 0 aliphatic carbocycles. The molecule has 40 heavy (non-hydrogen) atoms. The summed E-state index contributed by atoms with van der Waals surface area (Å²) in [6, 6.07) is 11.8. The van der Waals surface area contributed by atoms with Gasteiger partial charge in [-0.3, -0.25) is 0 Å². The third-order valence-electron chi connectivity index (χ3n) is 6.89. The number of likely N-dealkylation sites (tertiary alicyclic amines) is 1. The predicted octanol–water partition coefficient (Wildman–Crippen LogP) is 6.05. The van der Waals surface area contributed by atoms with Crippen LogP contribution >= 0.6 is 11.8 Å². The van der Waals surface area contributed by atoms with Gasteiger partial charge in [0.1, 0.15) is 24.2 Å². The number of fused-ring (bicyclic) bond motifs is 1. The molecule has 0 spiro atoms. The Morgan fingerprint density at radius 2 is 1.98 bits per heavy atom. The molecule has 1 aliphatic heterocycles. The summed E-state index contributed by atoms with van der Waals surface area (Å²) in [4.78, 5) is 2.95. The van der Waals surface area contributed by atoms with Gasteiger partial charge in [0.2, 0.25) is 5.89 Å². The van der Waals surface area contributed by atoms with Crippen molar-refractivity contribution < 1.29 is 26.7 Å². The first kappa shape index (κ1) is 28.1. The van der Waals surface area contributed by atoms with Gasteiger partial charge in [-0.15, -0.1) is 22.0 Å². The number of hydrogen-bond acceptors (Lipinski definition) is 8. The van der Waals surface area contributed by atoms with Crippen molar-refractivity contribution >= 4 is 34.0 Å². The van der Waals surface area contributed by atoms with Crippen molar-refractivity contribution in [2.75, 3.05) is 44.1 Å². The van der Waals surface area contributed by atoms with Gasteiger partial charge in [0.15, 0.2) is 0 Å². The highest BCUT2D eigenvalue weighted by Crippen LogP contribution is 2.36. The van der Waals surface area contributed by atoms with E-state index in [1.165, 1.54) is 0 Å². The van der Waals surface area contributed by atoms with Crippen LogP contribution in [0.25, 0.3) is 22.5 Å². The zero-order valence-electron chi connectivity index (χ0n) is 22.3. The quantitative estimate of drug-likeness (QED) is 0.184. The third kappa shape index (κ3) is 6.15. The normalized spacial score (nSPS) is 18.3. The maximum absolute atomic E-state index is 14.7. The molecular formula is C27H30F4N6O2S. The van der Waals surface area contributed by atoms with Crippen LogP contribution in [0.2, 0.25) is 0 Å². The average Bonchev–Trinajstić information content (AvgIpc) is 3.53. The van der Waals surface area contributed by atoms with Crippen LogP contribution in [0.15, 0.2) is 51.8 Å². The molecule has 1 aliphatic rings. The number of benzene rings is 2. The Balaban J connectivity index is 1.44. The molecule has 2 N–H and O–H groups in total. The van der Waals surface area contributed by atoms with Gasteiger partial charge in [-0.2, -0.15) is 13.2 Å². The summed E-state index contributed by atoms with van der Waals surface area (Å²) < 4.78 is 68.1. The van der Waals surface area contributed by atoms with Crippen LogP contribution in [0.3, 0.4) is 0 Å². The van der Waals surface area contributed by atoms with Gasteiger partial charge in [-0.25, -0.2) is 4.39 Å². The van der Waals surface area contributed by atoms with Gasteiger partial charge in [-0.1, -0.05) is 6.07 Å². The van der Waals surface area contributed by atoms with Crippen molar-refractivity contribution in [3.8, 4) is 17.3 Å². The van der Waals surface area contributed by atoms with Crippen LogP contribution < -0.4 is 15.4 Å². The number of hydrogen-bond donors (Lipinski definition) is 2. The highest BCUT2D eigenvalue weighted by Gasteiger charge is 2.32. The second-order valence-electron chi connectivity index (χ2n) is 9.71. The minimum absolute atomic E-state index is 0.0458. The fourth-order valence-corrected chi connectivity index (χ4v) is 5.33. The molecular weight excluding hydrogens is 548 g/mol. The first-order valence-corrected chi connectivity index (χ1v) is 13.9. The number of alkyl halides is 4. The van der Waals surface area contributed by atoms with Crippen LogP contribution in [0.5, 0.6) is 5.75 Å². The minimum atomic E-state index is -4.49. The summed E-state index contributed by atoms with van der Waals surface area (Å²) in [6.45, 7) is -0.0896. The lowest BCUT2D eigenvalue weighted by molar-refractivity contribution is -0.139. The van der Waals surface area contributed by atoms with Crippen molar-refractivity contribution in [1.82, 2.24) is 19.7 Å². The molecule has 4 aromatic rings.